The summed E-state index contributed by atoms with van der Waals surface area (Å²) in [6.07, 6.45) is 6.94. The van der Waals surface area contributed by atoms with Gasteiger partial charge in [-0.05, 0) is 57.2 Å². The van der Waals surface area contributed by atoms with E-state index in [1.165, 1.54) is 58.3 Å². The molecular formula is C13H26N2. The molecule has 0 bridgehead atoms. The van der Waals surface area contributed by atoms with Gasteiger partial charge in [0.2, 0.25) is 0 Å². The smallest absolute Gasteiger partial charge is 0.0108 e. The molecule has 2 aliphatic rings. The van der Waals surface area contributed by atoms with Gasteiger partial charge in [0.1, 0.15) is 0 Å². The molecule has 0 aromatic heterocycles. The van der Waals surface area contributed by atoms with Gasteiger partial charge in [-0.1, -0.05) is 13.8 Å². The van der Waals surface area contributed by atoms with Gasteiger partial charge in [-0.3, -0.25) is 4.90 Å². The molecule has 1 unspecified atom stereocenters. The highest BCUT2D eigenvalue weighted by Crippen LogP contribution is 2.31. The maximum Gasteiger partial charge on any atom is 0.0108 e. The second kappa shape index (κ2) is 4.84. The van der Waals surface area contributed by atoms with E-state index in [-0.39, 0.29) is 0 Å². The van der Waals surface area contributed by atoms with E-state index in [1.807, 2.05) is 0 Å². The minimum atomic E-state index is 0.554. The van der Waals surface area contributed by atoms with E-state index in [0.717, 1.165) is 6.04 Å². The van der Waals surface area contributed by atoms with Crippen LogP contribution >= 0.6 is 0 Å². The molecule has 0 aromatic carbocycles. The quantitative estimate of drug-likeness (QED) is 0.714. The van der Waals surface area contributed by atoms with E-state index >= 15 is 0 Å². The first-order chi connectivity index (χ1) is 7.17. The van der Waals surface area contributed by atoms with Gasteiger partial charge in [0.25, 0.3) is 0 Å². The summed E-state index contributed by atoms with van der Waals surface area (Å²) in [6.45, 7) is 9.96. The Bertz CT molecular complexity index is 193. The number of rotatable bonds is 1. The van der Waals surface area contributed by atoms with Crippen LogP contribution in [0.3, 0.4) is 0 Å². The molecule has 0 radical (unpaired) electrons. The standard InChI is InChI=1S/C13H26N2/c1-13(2)7-4-10-15(11-13)12-5-3-8-14-9-6-12/h12,14H,3-11H2,1-2H3. The van der Waals surface area contributed by atoms with Crippen LogP contribution in [0, 0.1) is 5.41 Å². The Morgan fingerprint density at radius 3 is 2.80 bits per heavy atom. The molecular weight excluding hydrogens is 184 g/mol. The van der Waals surface area contributed by atoms with Gasteiger partial charge in [0.15, 0.2) is 0 Å². The van der Waals surface area contributed by atoms with Gasteiger partial charge in [-0.15, -0.1) is 0 Å². The molecule has 1 atom stereocenters. The zero-order valence-electron chi connectivity index (χ0n) is 10.4. The van der Waals surface area contributed by atoms with E-state index in [4.69, 9.17) is 0 Å². The average molecular weight is 210 g/mol. The topological polar surface area (TPSA) is 15.3 Å². The van der Waals surface area contributed by atoms with Gasteiger partial charge in [-0.2, -0.15) is 0 Å². The van der Waals surface area contributed by atoms with Crippen LogP contribution in [-0.2, 0) is 0 Å². The molecule has 2 heteroatoms. The second-order valence-electron chi connectivity index (χ2n) is 6.07. The SMILES string of the molecule is CC1(C)CCCN(C2CCCNCC2)C1. The van der Waals surface area contributed by atoms with Crippen LogP contribution in [0.2, 0.25) is 0 Å². The predicted octanol–water partition coefficient (Wildman–Crippen LogP) is 2.25. The Morgan fingerprint density at radius 1 is 1.13 bits per heavy atom. The summed E-state index contributed by atoms with van der Waals surface area (Å²) in [5, 5.41) is 3.51. The van der Waals surface area contributed by atoms with Gasteiger partial charge >= 0.3 is 0 Å². The van der Waals surface area contributed by atoms with Gasteiger partial charge < -0.3 is 5.32 Å². The number of likely N-dealkylation sites (tertiary alicyclic amines) is 1. The zero-order chi connectivity index (χ0) is 10.7. The highest BCUT2D eigenvalue weighted by molar-refractivity contribution is 4.85. The molecule has 2 heterocycles. The average Bonchev–Trinajstić information content (AvgIpc) is 2.44. The highest BCUT2D eigenvalue weighted by Gasteiger charge is 2.30. The molecule has 2 nitrogen and oxygen atoms in total. The van der Waals surface area contributed by atoms with Gasteiger partial charge in [0.05, 0.1) is 0 Å². The summed E-state index contributed by atoms with van der Waals surface area (Å²) < 4.78 is 0. The number of hydrogen-bond acceptors (Lipinski definition) is 2. The summed E-state index contributed by atoms with van der Waals surface area (Å²) in [6, 6.07) is 0.861. The highest BCUT2D eigenvalue weighted by atomic mass is 15.2. The third kappa shape index (κ3) is 3.18. The lowest BCUT2D eigenvalue weighted by Crippen LogP contribution is -2.46. The van der Waals surface area contributed by atoms with Crippen molar-refractivity contribution in [2.75, 3.05) is 26.2 Å². The monoisotopic (exact) mass is 210 g/mol. The summed E-state index contributed by atoms with van der Waals surface area (Å²) in [4.78, 5) is 2.76. The van der Waals surface area contributed by atoms with Crippen LogP contribution in [0.25, 0.3) is 0 Å². The van der Waals surface area contributed by atoms with Crippen molar-refractivity contribution in [3.63, 3.8) is 0 Å². The van der Waals surface area contributed by atoms with E-state index < -0.39 is 0 Å². The lowest BCUT2D eigenvalue weighted by atomic mass is 9.83. The maximum atomic E-state index is 3.51. The fourth-order valence-corrected chi connectivity index (χ4v) is 3.15. The minimum absolute atomic E-state index is 0.554. The molecule has 1 N–H and O–H groups in total. The fourth-order valence-electron chi connectivity index (χ4n) is 3.15. The summed E-state index contributed by atoms with van der Waals surface area (Å²) in [7, 11) is 0. The largest absolute Gasteiger partial charge is 0.317 e. The van der Waals surface area contributed by atoms with Crippen molar-refractivity contribution in [1.29, 1.82) is 0 Å². The fraction of sp³-hybridized carbons (Fsp3) is 1.00. The van der Waals surface area contributed by atoms with Gasteiger partial charge in [-0.25, -0.2) is 0 Å². The number of nitrogens with one attached hydrogen (secondary N) is 1. The number of hydrogen-bond donors (Lipinski definition) is 1. The van der Waals surface area contributed by atoms with Crippen LogP contribution in [0.5, 0.6) is 0 Å². The normalized spacial score (nSPS) is 33.6. The van der Waals surface area contributed by atoms with Crippen molar-refractivity contribution in [1.82, 2.24) is 10.2 Å². The first-order valence-electron chi connectivity index (χ1n) is 6.62. The van der Waals surface area contributed by atoms with Crippen molar-refractivity contribution in [3.05, 3.63) is 0 Å². The summed E-state index contributed by atoms with van der Waals surface area (Å²) >= 11 is 0. The first kappa shape index (κ1) is 11.4. The number of nitrogens with zero attached hydrogens (tertiary/aromatic N) is 1. The third-order valence-corrected chi connectivity index (χ3v) is 3.99. The molecule has 15 heavy (non-hydrogen) atoms. The van der Waals surface area contributed by atoms with Crippen LogP contribution in [0.15, 0.2) is 0 Å². The summed E-state index contributed by atoms with van der Waals surface area (Å²) in [5.74, 6) is 0. The molecule has 0 amide bonds. The zero-order valence-corrected chi connectivity index (χ0v) is 10.4. The molecule has 88 valence electrons. The molecule has 0 aromatic rings. The van der Waals surface area contributed by atoms with E-state index in [9.17, 15) is 0 Å². The van der Waals surface area contributed by atoms with Crippen molar-refractivity contribution in [2.24, 2.45) is 5.41 Å². The second-order valence-corrected chi connectivity index (χ2v) is 6.07. The van der Waals surface area contributed by atoms with E-state index in [0.29, 0.717) is 5.41 Å². The Balaban J connectivity index is 1.90. The van der Waals surface area contributed by atoms with Crippen molar-refractivity contribution in [3.8, 4) is 0 Å². The predicted molar refractivity (Wildman–Crippen MR) is 65.1 cm³/mol. The molecule has 2 rings (SSSR count). The Morgan fingerprint density at radius 2 is 2.00 bits per heavy atom. The summed E-state index contributed by atoms with van der Waals surface area (Å²) in [5.41, 5.74) is 0.554. The van der Waals surface area contributed by atoms with E-state index in [1.54, 1.807) is 0 Å². The third-order valence-electron chi connectivity index (χ3n) is 3.99. The van der Waals surface area contributed by atoms with E-state index in [2.05, 4.69) is 24.1 Å². The maximum absolute atomic E-state index is 3.51. The molecule has 2 saturated heterocycles. The van der Waals surface area contributed by atoms with Crippen molar-refractivity contribution in [2.45, 2.75) is 52.0 Å². The van der Waals surface area contributed by atoms with Crippen LogP contribution < -0.4 is 5.32 Å². The van der Waals surface area contributed by atoms with Crippen LogP contribution in [-0.4, -0.2) is 37.1 Å². The lowest BCUT2D eigenvalue weighted by molar-refractivity contribution is 0.0726. The molecule has 0 spiro atoms. The minimum Gasteiger partial charge on any atom is -0.317 e. The Hall–Kier alpha value is -0.0800. The molecule has 0 aliphatic carbocycles. The Labute approximate surface area is 94.4 Å². The lowest BCUT2D eigenvalue weighted by Gasteiger charge is -2.42. The Kier molecular flexibility index (Phi) is 3.68. The van der Waals surface area contributed by atoms with Crippen LogP contribution in [0.1, 0.15) is 46.0 Å². The molecule has 2 aliphatic heterocycles. The first-order valence-corrected chi connectivity index (χ1v) is 6.62. The molecule has 0 saturated carbocycles. The van der Waals surface area contributed by atoms with Crippen LogP contribution in [0.4, 0.5) is 0 Å². The van der Waals surface area contributed by atoms with Crippen molar-refractivity contribution < 1.29 is 0 Å². The van der Waals surface area contributed by atoms with Crippen molar-refractivity contribution >= 4 is 0 Å². The molecule has 2 fully saturated rings. The number of piperidine rings is 1. The van der Waals surface area contributed by atoms with Gasteiger partial charge in [0, 0.05) is 12.6 Å².